The maximum Gasteiger partial charge on any atom is 0.161 e. The summed E-state index contributed by atoms with van der Waals surface area (Å²) in [5.41, 5.74) is 4.73. The number of halogens is 1. The van der Waals surface area contributed by atoms with E-state index in [0.29, 0.717) is 0 Å². The van der Waals surface area contributed by atoms with Crippen molar-refractivity contribution in [2.24, 2.45) is 0 Å². The van der Waals surface area contributed by atoms with E-state index in [2.05, 4.69) is 68.3 Å². The van der Waals surface area contributed by atoms with E-state index in [4.69, 9.17) is 0 Å². The molecule has 0 spiro atoms. The molecule has 1 N–H and O–H groups in total. The van der Waals surface area contributed by atoms with Crippen LogP contribution in [0.1, 0.15) is 18.2 Å². The molecule has 0 unspecified atom stereocenters. The molecular weight excluding hydrogens is 328 g/mol. The molecular formula is C16H19BrN4. The molecule has 2 aromatic rings. The molecule has 1 aromatic carbocycles. The van der Waals surface area contributed by atoms with Gasteiger partial charge in [0.15, 0.2) is 5.82 Å². The summed E-state index contributed by atoms with van der Waals surface area (Å²) in [5, 5.41) is 3.28. The number of benzene rings is 1. The zero-order valence-electron chi connectivity index (χ0n) is 12.6. The number of hydrogen-bond donors (Lipinski definition) is 1. The van der Waals surface area contributed by atoms with Gasteiger partial charge in [0.05, 0.1) is 10.2 Å². The van der Waals surface area contributed by atoms with E-state index in [1.54, 1.807) is 0 Å². The predicted molar refractivity (Wildman–Crippen MR) is 91.0 cm³/mol. The molecule has 1 aromatic heterocycles. The smallest absolute Gasteiger partial charge is 0.161 e. The number of aryl methyl sites for hydroxylation is 1. The van der Waals surface area contributed by atoms with Crippen LogP contribution in [0, 0.1) is 6.92 Å². The molecule has 0 aliphatic carbocycles. The maximum absolute atomic E-state index is 4.65. The lowest BCUT2D eigenvalue weighted by molar-refractivity contribution is 0.956. The maximum atomic E-state index is 4.65. The van der Waals surface area contributed by atoms with Crippen molar-refractivity contribution < 1.29 is 0 Å². The van der Waals surface area contributed by atoms with Crippen LogP contribution in [-0.4, -0.2) is 30.1 Å². The molecule has 5 heteroatoms. The van der Waals surface area contributed by atoms with E-state index in [9.17, 15) is 0 Å². The van der Waals surface area contributed by atoms with Gasteiger partial charge in [-0.05, 0) is 60.0 Å². The van der Waals surface area contributed by atoms with E-state index in [0.717, 1.165) is 46.9 Å². The third-order valence-electron chi connectivity index (χ3n) is 3.83. The highest BCUT2D eigenvalue weighted by molar-refractivity contribution is 9.10. The van der Waals surface area contributed by atoms with E-state index in [1.165, 1.54) is 11.3 Å². The minimum atomic E-state index is 0.781. The Balaban J connectivity index is 2.05. The van der Waals surface area contributed by atoms with Gasteiger partial charge in [0, 0.05) is 31.4 Å². The molecule has 0 radical (unpaired) electrons. The van der Waals surface area contributed by atoms with Crippen molar-refractivity contribution in [2.75, 3.05) is 30.4 Å². The van der Waals surface area contributed by atoms with Crippen LogP contribution in [0.3, 0.4) is 0 Å². The number of aromatic nitrogens is 2. The van der Waals surface area contributed by atoms with Crippen LogP contribution < -0.4 is 10.2 Å². The third-order valence-corrected chi connectivity index (χ3v) is 4.78. The first-order chi connectivity index (χ1) is 10.1. The summed E-state index contributed by atoms with van der Waals surface area (Å²) in [6.45, 7) is 5.98. The minimum Gasteiger partial charge on any atom is -0.374 e. The van der Waals surface area contributed by atoms with Crippen molar-refractivity contribution in [2.45, 2.75) is 20.3 Å². The molecule has 1 aliphatic rings. The summed E-state index contributed by atoms with van der Waals surface area (Å²) >= 11 is 3.55. The molecule has 21 heavy (non-hydrogen) atoms. The quantitative estimate of drug-likeness (QED) is 0.920. The van der Waals surface area contributed by atoms with Crippen molar-refractivity contribution in [3.05, 3.63) is 33.9 Å². The Bertz CT molecular complexity index is 684. The van der Waals surface area contributed by atoms with Crippen LogP contribution >= 0.6 is 15.9 Å². The Labute approximate surface area is 133 Å². The zero-order chi connectivity index (χ0) is 15.0. The normalized spacial score (nSPS) is 13.4. The topological polar surface area (TPSA) is 41.1 Å². The van der Waals surface area contributed by atoms with Crippen molar-refractivity contribution in [1.29, 1.82) is 0 Å². The van der Waals surface area contributed by atoms with Gasteiger partial charge < -0.3 is 10.2 Å². The second-order valence-electron chi connectivity index (χ2n) is 5.34. The first-order valence-corrected chi connectivity index (χ1v) is 8.02. The molecule has 0 fully saturated rings. The van der Waals surface area contributed by atoms with Gasteiger partial charge in [0.25, 0.3) is 0 Å². The number of nitrogens with zero attached hydrogens (tertiary/aromatic N) is 3. The molecule has 2 heterocycles. The Morgan fingerprint density at radius 1 is 1.33 bits per heavy atom. The molecule has 1 aliphatic heterocycles. The van der Waals surface area contributed by atoms with E-state index in [-0.39, 0.29) is 0 Å². The number of nitrogens with one attached hydrogen (secondary N) is 1. The number of anilines is 2. The lowest BCUT2D eigenvalue weighted by Crippen LogP contribution is -2.12. The number of rotatable bonds is 3. The van der Waals surface area contributed by atoms with Gasteiger partial charge in [-0.3, -0.25) is 0 Å². The van der Waals surface area contributed by atoms with Crippen LogP contribution in [-0.2, 0) is 6.42 Å². The van der Waals surface area contributed by atoms with Crippen LogP contribution in [0.4, 0.5) is 11.5 Å². The molecule has 0 atom stereocenters. The fraction of sp³-hybridized carbons (Fsp3) is 0.375. The lowest BCUT2D eigenvalue weighted by Gasteiger charge is -2.13. The second-order valence-corrected chi connectivity index (χ2v) is 6.13. The zero-order valence-corrected chi connectivity index (χ0v) is 14.2. The predicted octanol–water partition coefficient (Wildman–Crippen LogP) is 3.64. The standard InChI is InChI=1S/C16H19BrN4/c1-4-18-16-14(17)10(2)19-15(20-16)12-5-6-13-11(9-12)7-8-21(13)3/h5-6,9H,4,7-8H2,1-3H3,(H,18,19,20). The average Bonchev–Trinajstić information content (AvgIpc) is 2.85. The summed E-state index contributed by atoms with van der Waals surface area (Å²) in [6.07, 6.45) is 1.09. The third kappa shape index (κ3) is 2.62. The van der Waals surface area contributed by atoms with Crippen LogP contribution in [0.25, 0.3) is 11.4 Å². The van der Waals surface area contributed by atoms with Crippen LogP contribution in [0.2, 0.25) is 0 Å². The highest BCUT2D eigenvalue weighted by Crippen LogP contribution is 2.32. The summed E-state index contributed by atoms with van der Waals surface area (Å²) in [7, 11) is 2.13. The van der Waals surface area contributed by atoms with Gasteiger partial charge in [-0.25, -0.2) is 9.97 Å². The first-order valence-electron chi connectivity index (χ1n) is 7.22. The van der Waals surface area contributed by atoms with Crippen LogP contribution in [0.15, 0.2) is 22.7 Å². The van der Waals surface area contributed by atoms with Crippen molar-refractivity contribution >= 4 is 27.4 Å². The van der Waals surface area contributed by atoms with Crippen molar-refractivity contribution in [1.82, 2.24) is 9.97 Å². The van der Waals surface area contributed by atoms with E-state index in [1.807, 2.05) is 6.92 Å². The number of likely N-dealkylation sites (N-methyl/N-ethyl adjacent to an activating group) is 1. The monoisotopic (exact) mass is 346 g/mol. The molecule has 4 nitrogen and oxygen atoms in total. The van der Waals surface area contributed by atoms with Gasteiger partial charge in [0.2, 0.25) is 0 Å². The van der Waals surface area contributed by atoms with Crippen molar-refractivity contribution in [3.63, 3.8) is 0 Å². The molecule has 0 bridgehead atoms. The Kier molecular flexibility index (Phi) is 3.85. The fourth-order valence-electron chi connectivity index (χ4n) is 2.68. The number of hydrogen-bond acceptors (Lipinski definition) is 4. The fourth-order valence-corrected chi connectivity index (χ4v) is 3.00. The molecule has 0 saturated heterocycles. The highest BCUT2D eigenvalue weighted by Gasteiger charge is 2.17. The highest BCUT2D eigenvalue weighted by atomic mass is 79.9. The largest absolute Gasteiger partial charge is 0.374 e. The molecule has 110 valence electrons. The Morgan fingerprint density at radius 2 is 2.14 bits per heavy atom. The van der Waals surface area contributed by atoms with Gasteiger partial charge in [-0.15, -0.1) is 0 Å². The average molecular weight is 347 g/mol. The van der Waals surface area contributed by atoms with Gasteiger partial charge in [0.1, 0.15) is 5.82 Å². The Morgan fingerprint density at radius 3 is 2.90 bits per heavy atom. The van der Waals surface area contributed by atoms with E-state index < -0.39 is 0 Å². The lowest BCUT2D eigenvalue weighted by atomic mass is 10.1. The van der Waals surface area contributed by atoms with E-state index >= 15 is 0 Å². The first kappa shape index (κ1) is 14.3. The summed E-state index contributed by atoms with van der Waals surface area (Å²) in [6, 6.07) is 6.50. The van der Waals surface area contributed by atoms with Gasteiger partial charge in [-0.2, -0.15) is 0 Å². The number of fused-ring (bicyclic) bond motifs is 1. The van der Waals surface area contributed by atoms with Gasteiger partial charge >= 0.3 is 0 Å². The van der Waals surface area contributed by atoms with Crippen LogP contribution in [0.5, 0.6) is 0 Å². The Hall–Kier alpha value is -1.62. The molecule has 3 rings (SSSR count). The van der Waals surface area contributed by atoms with Gasteiger partial charge in [-0.1, -0.05) is 0 Å². The second kappa shape index (κ2) is 5.64. The van der Waals surface area contributed by atoms with Crippen molar-refractivity contribution in [3.8, 4) is 11.4 Å². The summed E-state index contributed by atoms with van der Waals surface area (Å²) in [5.74, 6) is 1.64. The minimum absolute atomic E-state index is 0.781. The summed E-state index contributed by atoms with van der Waals surface area (Å²) < 4.78 is 0.939. The summed E-state index contributed by atoms with van der Waals surface area (Å²) in [4.78, 5) is 11.6. The molecule has 0 saturated carbocycles. The SMILES string of the molecule is CCNc1nc(-c2ccc3c(c2)CCN3C)nc(C)c1Br. The molecule has 0 amide bonds.